The molecule has 2 aromatic carbocycles. The molecule has 0 fully saturated rings. The van der Waals surface area contributed by atoms with E-state index >= 15 is 0 Å². The van der Waals surface area contributed by atoms with Crippen LogP contribution in [0.3, 0.4) is 0 Å². The minimum atomic E-state index is 0.575. The Morgan fingerprint density at radius 1 is 0.640 bits per heavy atom. The van der Waals surface area contributed by atoms with Crippen molar-refractivity contribution in [2.45, 2.75) is 78.1 Å². The van der Waals surface area contributed by atoms with Gasteiger partial charge in [-0.1, -0.05) is 76.9 Å². The highest BCUT2D eigenvalue weighted by Gasteiger charge is 2.17. The summed E-state index contributed by atoms with van der Waals surface area (Å²) in [5.74, 6) is 3.21. The zero-order chi connectivity index (χ0) is 18.1. The summed E-state index contributed by atoms with van der Waals surface area (Å²) in [5.41, 5.74) is 2.70. The zero-order valence-electron chi connectivity index (χ0n) is 16.4. The lowest BCUT2D eigenvalue weighted by molar-refractivity contribution is 0.447. The van der Waals surface area contributed by atoms with Gasteiger partial charge >= 0.3 is 0 Å². The molecule has 0 bridgehead atoms. The molecule has 0 aliphatic heterocycles. The van der Waals surface area contributed by atoms with E-state index in [4.69, 9.17) is 4.74 Å². The Morgan fingerprint density at radius 2 is 1.04 bits per heavy atom. The Labute approximate surface area is 154 Å². The third-order valence-corrected chi connectivity index (χ3v) is 5.20. The first-order valence-corrected chi connectivity index (χ1v) is 10.1. The Bertz CT molecular complexity index is 576. The van der Waals surface area contributed by atoms with Crippen LogP contribution < -0.4 is 4.74 Å². The lowest BCUT2D eigenvalue weighted by atomic mass is 9.90. The van der Waals surface area contributed by atoms with Gasteiger partial charge in [-0.25, -0.2) is 0 Å². The van der Waals surface area contributed by atoms with E-state index in [-0.39, 0.29) is 0 Å². The normalized spacial score (nSPS) is 13.4. The third-order valence-electron chi connectivity index (χ3n) is 5.20. The van der Waals surface area contributed by atoms with Crippen molar-refractivity contribution in [1.82, 2.24) is 0 Å². The first-order valence-electron chi connectivity index (χ1n) is 10.1. The Kier molecular flexibility index (Phi) is 8.04. The summed E-state index contributed by atoms with van der Waals surface area (Å²) in [6.45, 7) is 9.08. The second-order valence-corrected chi connectivity index (χ2v) is 6.97. The Hall–Kier alpha value is -1.76. The van der Waals surface area contributed by atoms with Crippen LogP contribution in [0.2, 0.25) is 0 Å². The predicted octanol–water partition coefficient (Wildman–Crippen LogP) is 8.07. The van der Waals surface area contributed by atoms with Gasteiger partial charge in [0.1, 0.15) is 11.5 Å². The quantitative estimate of drug-likeness (QED) is 0.425. The van der Waals surface area contributed by atoms with Crippen molar-refractivity contribution in [2.75, 3.05) is 0 Å². The molecule has 2 rings (SSSR count). The maximum Gasteiger partial charge on any atom is 0.130 e. The van der Waals surface area contributed by atoms with Crippen LogP contribution in [-0.4, -0.2) is 0 Å². The van der Waals surface area contributed by atoms with Gasteiger partial charge in [-0.3, -0.25) is 0 Å². The van der Waals surface area contributed by atoms with Crippen molar-refractivity contribution in [2.24, 2.45) is 0 Å². The van der Waals surface area contributed by atoms with Crippen LogP contribution >= 0.6 is 0 Å². The lowest BCUT2D eigenvalue weighted by Crippen LogP contribution is -2.03. The number of rotatable bonds is 10. The van der Waals surface area contributed by atoms with E-state index < -0.39 is 0 Å². The molecule has 0 amide bonds. The Balaban J connectivity index is 2.35. The number of benzene rings is 2. The van der Waals surface area contributed by atoms with Crippen LogP contribution in [0.25, 0.3) is 0 Å². The molecule has 1 nitrogen and oxygen atoms in total. The van der Waals surface area contributed by atoms with Gasteiger partial charge in [0.25, 0.3) is 0 Å². The smallest absolute Gasteiger partial charge is 0.130 e. The van der Waals surface area contributed by atoms with Gasteiger partial charge in [-0.05, 0) is 60.8 Å². The molecule has 0 aliphatic carbocycles. The summed E-state index contributed by atoms with van der Waals surface area (Å²) in [4.78, 5) is 0. The second-order valence-electron chi connectivity index (χ2n) is 6.97. The molecule has 0 heterocycles. The van der Waals surface area contributed by atoms with Crippen LogP contribution in [0, 0.1) is 0 Å². The van der Waals surface area contributed by atoms with E-state index in [0.717, 1.165) is 24.3 Å². The fraction of sp³-hybridized carbons (Fsp3) is 0.500. The molecule has 0 saturated heterocycles. The summed E-state index contributed by atoms with van der Waals surface area (Å²) in [6, 6.07) is 17.2. The Morgan fingerprint density at radius 3 is 1.40 bits per heavy atom. The lowest BCUT2D eigenvalue weighted by Gasteiger charge is -2.22. The van der Waals surface area contributed by atoms with Gasteiger partial charge < -0.3 is 4.74 Å². The van der Waals surface area contributed by atoms with Gasteiger partial charge in [0.15, 0.2) is 0 Å². The summed E-state index contributed by atoms with van der Waals surface area (Å²) in [7, 11) is 0. The highest BCUT2D eigenvalue weighted by molar-refractivity contribution is 5.44. The van der Waals surface area contributed by atoms with E-state index in [2.05, 4.69) is 76.2 Å². The standard InChI is InChI=1S/C24H34O/c1-5-13-19(7-3)21-15-9-11-17-23(21)25-24-18-12-10-16-22(24)20(8-4)14-6-2/h9-12,15-20H,5-8,13-14H2,1-4H3/t19-,20-/m0/s1. The average Bonchev–Trinajstić information content (AvgIpc) is 2.65. The van der Waals surface area contributed by atoms with Gasteiger partial charge in [0.05, 0.1) is 0 Å². The van der Waals surface area contributed by atoms with Crippen LogP contribution in [0.4, 0.5) is 0 Å². The topological polar surface area (TPSA) is 9.23 Å². The first kappa shape index (κ1) is 19.6. The molecule has 0 N–H and O–H groups in total. The molecule has 1 heteroatoms. The van der Waals surface area contributed by atoms with Crippen LogP contribution in [-0.2, 0) is 0 Å². The van der Waals surface area contributed by atoms with Crippen molar-refractivity contribution in [3.8, 4) is 11.5 Å². The van der Waals surface area contributed by atoms with E-state index in [1.54, 1.807) is 0 Å². The molecule has 0 unspecified atom stereocenters. The fourth-order valence-electron chi connectivity index (χ4n) is 3.80. The maximum absolute atomic E-state index is 6.50. The fourth-order valence-corrected chi connectivity index (χ4v) is 3.80. The molecule has 0 spiro atoms. The molecule has 0 aliphatic rings. The second kappa shape index (κ2) is 10.3. The van der Waals surface area contributed by atoms with E-state index in [1.165, 1.54) is 36.8 Å². The SMILES string of the molecule is CCC[C@H](CC)c1ccccc1Oc1ccccc1[C@@H](CC)CCC. The maximum atomic E-state index is 6.50. The summed E-state index contributed by atoms with van der Waals surface area (Å²) >= 11 is 0. The van der Waals surface area contributed by atoms with Crippen LogP contribution in [0.1, 0.15) is 89.2 Å². The number of hydrogen-bond acceptors (Lipinski definition) is 1. The zero-order valence-corrected chi connectivity index (χ0v) is 16.4. The van der Waals surface area contributed by atoms with Crippen LogP contribution in [0.15, 0.2) is 48.5 Å². The minimum Gasteiger partial charge on any atom is -0.457 e. The molecule has 2 atom stereocenters. The molecule has 136 valence electrons. The van der Waals surface area contributed by atoms with E-state index in [9.17, 15) is 0 Å². The number of para-hydroxylation sites is 2. The molecule has 0 radical (unpaired) electrons. The van der Waals surface area contributed by atoms with Gasteiger partial charge in [-0.2, -0.15) is 0 Å². The van der Waals surface area contributed by atoms with E-state index in [1.807, 2.05) is 0 Å². The molecule has 25 heavy (non-hydrogen) atoms. The van der Waals surface area contributed by atoms with Crippen molar-refractivity contribution in [3.05, 3.63) is 59.7 Å². The van der Waals surface area contributed by atoms with E-state index in [0.29, 0.717) is 11.8 Å². The van der Waals surface area contributed by atoms with Crippen molar-refractivity contribution in [3.63, 3.8) is 0 Å². The van der Waals surface area contributed by atoms with Crippen molar-refractivity contribution >= 4 is 0 Å². The highest BCUT2D eigenvalue weighted by atomic mass is 16.5. The predicted molar refractivity (Wildman–Crippen MR) is 109 cm³/mol. The summed E-state index contributed by atoms with van der Waals surface area (Å²) in [6.07, 6.45) is 7.15. The number of hydrogen-bond donors (Lipinski definition) is 0. The first-order chi connectivity index (χ1) is 12.2. The highest BCUT2D eigenvalue weighted by Crippen LogP contribution is 2.38. The largest absolute Gasteiger partial charge is 0.457 e. The minimum absolute atomic E-state index is 0.575. The molecule has 2 aromatic rings. The molecule has 0 aromatic heterocycles. The third kappa shape index (κ3) is 5.11. The molecular weight excluding hydrogens is 304 g/mol. The molecular formula is C24H34O. The summed E-state index contributed by atoms with van der Waals surface area (Å²) in [5, 5.41) is 0. The van der Waals surface area contributed by atoms with Crippen molar-refractivity contribution < 1.29 is 4.74 Å². The van der Waals surface area contributed by atoms with Gasteiger partial charge in [0, 0.05) is 0 Å². The average molecular weight is 339 g/mol. The van der Waals surface area contributed by atoms with Crippen molar-refractivity contribution in [1.29, 1.82) is 0 Å². The monoisotopic (exact) mass is 338 g/mol. The summed E-state index contributed by atoms with van der Waals surface area (Å²) < 4.78 is 6.50. The van der Waals surface area contributed by atoms with Gasteiger partial charge in [-0.15, -0.1) is 0 Å². The molecule has 0 saturated carbocycles. The van der Waals surface area contributed by atoms with Crippen LogP contribution in [0.5, 0.6) is 11.5 Å². The van der Waals surface area contributed by atoms with Gasteiger partial charge in [0.2, 0.25) is 0 Å². The number of ether oxygens (including phenoxy) is 1.